The number of aromatic amines is 2. The number of carbonyl (C=O) groups is 1. The molecule has 0 saturated heterocycles. The van der Waals surface area contributed by atoms with Gasteiger partial charge in [0, 0.05) is 28.2 Å². The largest absolute Gasteiger partial charge is 0.506 e. The van der Waals surface area contributed by atoms with Crippen molar-refractivity contribution >= 4 is 16.9 Å². The third-order valence-corrected chi connectivity index (χ3v) is 4.11. The van der Waals surface area contributed by atoms with Crippen LogP contribution in [0.3, 0.4) is 0 Å². The fourth-order valence-corrected chi connectivity index (χ4v) is 3.04. The summed E-state index contributed by atoms with van der Waals surface area (Å²) in [6.45, 7) is 0.307. The molecule has 7 heteroatoms. The summed E-state index contributed by atoms with van der Waals surface area (Å²) in [5.74, 6) is -2.02. The summed E-state index contributed by atoms with van der Waals surface area (Å²) in [5.41, 5.74) is 1.69. The van der Waals surface area contributed by atoms with Crippen LogP contribution in [0.15, 0.2) is 29.2 Å². The Morgan fingerprint density at radius 1 is 1.17 bits per heavy atom. The Morgan fingerprint density at radius 3 is 2.74 bits per heavy atom. The molecule has 0 saturated carbocycles. The summed E-state index contributed by atoms with van der Waals surface area (Å²) in [6.07, 6.45) is 1.81. The minimum absolute atomic E-state index is 0.0127. The molecule has 4 N–H and O–H groups in total. The molecule has 0 spiro atoms. The molecular weight excluding hydrogens is 300 g/mol. The molecule has 1 aromatic carbocycles. The van der Waals surface area contributed by atoms with Gasteiger partial charge in [-0.3, -0.25) is 4.79 Å². The molecule has 3 aromatic rings. The van der Waals surface area contributed by atoms with E-state index in [1.165, 1.54) is 0 Å². The number of hydrogen-bond acceptors (Lipinski definition) is 4. The number of benzene rings is 1. The highest BCUT2D eigenvalue weighted by molar-refractivity contribution is 5.94. The smallest absolute Gasteiger partial charge is 0.345 e. The van der Waals surface area contributed by atoms with Crippen molar-refractivity contribution in [1.29, 1.82) is 0 Å². The van der Waals surface area contributed by atoms with Crippen molar-refractivity contribution in [2.45, 2.75) is 13.2 Å². The van der Waals surface area contributed by atoms with Gasteiger partial charge in [-0.05, 0) is 17.7 Å². The van der Waals surface area contributed by atoms with Crippen LogP contribution in [0.1, 0.15) is 21.5 Å². The number of fused-ring (bicyclic) bond motifs is 5. The lowest BCUT2D eigenvalue weighted by molar-refractivity contribution is 0.0690. The first-order chi connectivity index (χ1) is 11.1. The van der Waals surface area contributed by atoms with E-state index >= 15 is 0 Å². The number of aromatic hydroxyl groups is 1. The van der Waals surface area contributed by atoms with Crippen LogP contribution < -0.4 is 5.56 Å². The molecule has 0 amide bonds. The SMILES string of the molecule is O=C(O)c1c(O)c2c([nH]c1=O)-c1ccc3[nH]ccc3c1COC2. The normalized spacial score (nSPS) is 13.4. The van der Waals surface area contributed by atoms with E-state index in [0.717, 1.165) is 16.5 Å². The zero-order valence-corrected chi connectivity index (χ0v) is 11.8. The third kappa shape index (κ3) is 1.87. The van der Waals surface area contributed by atoms with Gasteiger partial charge in [-0.25, -0.2) is 4.79 Å². The van der Waals surface area contributed by atoms with Gasteiger partial charge in [-0.2, -0.15) is 0 Å². The Balaban J connectivity index is 2.09. The highest BCUT2D eigenvalue weighted by Crippen LogP contribution is 2.37. The molecule has 0 bridgehead atoms. The molecule has 1 aliphatic heterocycles. The molecule has 0 atom stereocenters. The third-order valence-electron chi connectivity index (χ3n) is 4.11. The number of aromatic carboxylic acids is 1. The van der Waals surface area contributed by atoms with E-state index in [1.807, 2.05) is 24.4 Å². The van der Waals surface area contributed by atoms with E-state index in [2.05, 4.69) is 9.97 Å². The number of aromatic nitrogens is 2. The second kappa shape index (κ2) is 4.72. The predicted octanol–water partition coefficient (Wildman–Crippen LogP) is 1.96. The van der Waals surface area contributed by atoms with Crippen molar-refractivity contribution in [1.82, 2.24) is 9.97 Å². The van der Waals surface area contributed by atoms with E-state index in [1.54, 1.807) is 0 Å². The number of pyridine rings is 1. The van der Waals surface area contributed by atoms with Gasteiger partial charge in [0.1, 0.15) is 5.75 Å². The standard InChI is InChI=1S/C16H12N2O5/c19-14-10-6-23-5-9-7-3-4-17-11(7)2-1-8(9)13(10)18-15(20)12(14)16(21)22/h1-4,17H,5-6H2,(H,21,22)(H2,18,19,20). The number of carboxylic acids is 1. The Kier molecular flexibility index (Phi) is 2.79. The molecule has 23 heavy (non-hydrogen) atoms. The number of rotatable bonds is 1. The van der Waals surface area contributed by atoms with E-state index in [9.17, 15) is 14.7 Å². The average Bonchev–Trinajstić information content (AvgIpc) is 2.90. The van der Waals surface area contributed by atoms with Crippen LogP contribution in [0.25, 0.3) is 22.2 Å². The molecule has 0 radical (unpaired) electrons. The van der Waals surface area contributed by atoms with Crippen molar-refractivity contribution < 1.29 is 19.7 Å². The monoisotopic (exact) mass is 312 g/mol. The molecule has 7 nitrogen and oxygen atoms in total. The topological polar surface area (TPSA) is 115 Å². The summed E-state index contributed by atoms with van der Waals surface area (Å²) in [4.78, 5) is 28.9. The number of H-pyrrole nitrogens is 2. The zero-order valence-electron chi connectivity index (χ0n) is 11.8. The lowest BCUT2D eigenvalue weighted by atomic mass is 9.97. The van der Waals surface area contributed by atoms with Crippen molar-refractivity contribution in [2.24, 2.45) is 0 Å². The Bertz CT molecular complexity index is 1020. The maximum Gasteiger partial charge on any atom is 0.345 e. The van der Waals surface area contributed by atoms with E-state index in [0.29, 0.717) is 17.9 Å². The molecule has 2 aromatic heterocycles. The van der Waals surface area contributed by atoms with Crippen molar-refractivity contribution in [3.05, 3.63) is 51.4 Å². The zero-order chi connectivity index (χ0) is 16.1. The Labute approximate surface area is 129 Å². The van der Waals surface area contributed by atoms with Gasteiger partial charge < -0.3 is 24.9 Å². The van der Waals surface area contributed by atoms with Crippen molar-refractivity contribution in [3.8, 4) is 17.0 Å². The van der Waals surface area contributed by atoms with Crippen LogP contribution in [0.4, 0.5) is 0 Å². The van der Waals surface area contributed by atoms with Crippen LogP contribution >= 0.6 is 0 Å². The fraction of sp³-hybridized carbons (Fsp3) is 0.125. The van der Waals surface area contributed by atoms with Crippen LogP contribution in [0.2, 0.25) is 0 Å². The summed E-state index contributed by atoms with van der Waals surface area (Å²) in [7, 11) is 0. The molecule has 3 heterocycles. The highest BCUT2D eigenvalue weighted by Gasteiger charge is 2.26. The first kappa shape index (κ1) is 13.6. The number of ether oxygens (including phenoxy) is 1. The van der Waals surface area contributed by atoms with Gasteiger partial charge in [0.2, 0.25) is 0 Å². The molecule has 1 aliphatic rings. The molecule has 116 valence electrons. The second-order valence-electron chi connectivity index (χ2n) is 5.36. The lowest BCUT2D eigenvalue weighted by Gasteiger charge is -2.11. The minimum atomic E-state index is -1.47. The van der Waals surface area contributed by atoms with Crippen molar-refractivity contribution in [3.63, 3.8) is 0 Å². The van der Waals surface area contributed by atoms with Gasteiger partial charge in [-0.1, -0.05) is 6.07 Å². The van der Waals surface area contributed by atoms with Crippen LogP contribution in [0, 0.1) is 0 Å². The van der Waals surface area contributed by atoms with Gasteiger partial charge in [0.05, 0.1) is 18.9 Å². The summed E-state index contributed by atoms with van der Waals surface area (Å²) in [6, 6.07) is 5.59. The molecule has 0 unspecified atom stereocenters. The summed E-state index contributed by atoms with van der Waals surface area (Å²) >= 11 is 0. The van der Waals surface area contributed by atoms with Crippen LogP contribution in [-0.2, 0) is 18.0 Å². The van der Waals surface area contributed by atoms with E-state index in [-0.39, 0.29) is 12.2 Å². The summed E-state index contributed by atoms with van der Waals surface area (Å²) in [5, 5.41) is 20.3. The van der Waals surface area contributed by atoms with E-state index < -0.39 is 22.8 Å². The number of nitrogens with one attached hydrogen (secondary N) is 2. The van der Waals surface area contributed by atoms with Crippen molar-refractivity contribution in [2.75, 3.05) is 0 Å². The quantitative estimate of drug-likeness (QED) is 0.548. The fourth-order valence-electron chi connectivity index (χ4n) is 3.04. The Morgan fingerprint density at radius 2 is 1.96 bits per heavy atom. The van der Waals surface area contributed by atoms with Gasteiger partial charge in [0.25, 0.3) is 5.56 Å². The van der Waals surface area contributed by atoms with Gasteiger partial charge in [-0.15, -0.1) is 0 Å². The molecule has 4 rings (SSSR count). The minimum Gasteiger partial charge on any atom is -0.506 e. The van der Waals surface area contributed by atoms with Crippen LogP contribution in [0.5, 0.6) is 5.75 Å². The number of hydrogen-bond donors (Lipinski definition) is 4. The second-order valence-corrected chi connectivity index (χ2v) is 5.36. The average molecular weight is 312 g/mol. The first-order valence-electron chi connectivity index (χ1n) is 6.96. The first-order valence-corrected chi connectivity index (χ1v) is 6.96. The maximum atomic E-state index is 12.0. The number of carboxylic acid groups (broad SMARTS) is 1. The summed E-state index contributed by atoms with van der Waals surface area (Å²) < 4.78 is 5.59. The highest BCUT2D eigenvalue weighted by atomic mass is 16.5. The maximum absolute atomic E-state index is 12.0. The predicted molar refractivity (Wildman–Crippen MR) is 81.5 cm³/mol. The van der Waals surface area contributed by atoms with E-state index in [4.69, 9.17) is 9.84 Å². The Hall–Kier alpha value is -3.06. The molecular formula is C16H12N2O5. The van der Waals surface area contributed by atoms with Gasteiger partial charge in [0.15, 0.2) is 5.56 Å². The van der Waals surface area contributed by atoms with Gasteiger partial charge >= 0.3 is 5.97 Å². The van der Waals surface area contributed by atoms with Crippen LogP contribution in [-0.4, -0.2) is 26.2 Å². The lowest BCUT2D eigenvalue weighted by Crippen LogP contribution is -2.20. The molecule has 0 fully saturated rings. The molecule has 0 aliphatic carbocycles.